The maximum atomic E-state index is 13.4. The maximum absolute atomic E-state index is 13.4. The lowest BCUT2D eigenvalue weighted by atomic mass is 9.94. The van der Waals surface area contributed by atoms with Crippen LogP contribution in [0, 0.1) is 12.8 Å². The van der Waals surface area contributed by atoms with E-state index in [1.165, 1.54) is 22.9 Å². The van der Waals surface area contributed by atoms with Crippen LogP contribution in [0.15, 0.2) is 45.7 Å². The average Bonchev–Trinajstić information content (AvgIpc) is 3.63. The summed E-state index contributed by atoms with van der Waals surface area (Å²) in [4.78, 5) is 29.6. The molecular weight excluding hydrogens is 488 g/mol. The van der Waals surface area contributed by atoms with Gasteiger partial charge in [-0.15, -0.1) is 0 Å². The van der Waals surface area contributed by atoms with Gasteiger partial charge in [0.1, 0.15) is 5.39 Å². The number of benzene rings is 1. The Kier molecular flexibility index (Phi) is 6.04. The minimum Gasteiger partial charge on any atom is -0.324 e. The molecule has 10 nitrogen and oxygen atoms in total. The molecule has 6 rings (SSSR count). The summed E-state index contributed by atoms with van der Waals surface area (Å²) in [6.45, 7) is 4.70. The topological polar surface area (TPSA) is 110 Å². The van der Waals surface area contributed by atoms with E-state index in [2.05, 4.69) is 50.7 Å². The van der Waals surface area contributed by atoms with E-state index < -0.39 is 10.6 Å². The fraction of sp³-hybridized carbons (Fsp3) is 0.385. The Balaban J connectivity index is 1.45. The molecule has 1 saturated carbocycles. The zero-order valence-electron chi connectivity index (χ0n) is 21.2. The van der Waals surface area contributed by atoms with Gasteiger partial charge in [0, 0.05) is 48.4 Å². The zero-order chi connectivity index (χ0) is 25.7. The van der Waals surface area contributed by atoms with Crippen molar-refractivity contribution in [3.8, 4) is 5.82 Å². The van der Waals surface area contributed by atoms with Crippen LogP contribution in [0.5, 0.6) is 0 Å². The molecule has 1 fully saturated rings. The lowest BCUT2D eigenvalue weighted by Gasteiger charge is -2.27. The first kappa shape index (κ1) is 23.8. The third kappa shape index (κ3) is 4.76. The van der Waals surface area contributed by atoms with Gasteiger partial charge < -0.3 is 10.2 Å². The van der Waals surface area contributed by atoms with Gasteiger partial charge in [0.05, 0.1) is 0 Å². The summed E-state index contributed by atoms with van der Waals surface area (Å²) in [7, 11) is 0.389. The highest BCUT2D eigenvalue weighted by Gasteiger charge is 2.27. The molecule has 1 atom stereocenters. The van der Waals surface area contributed by atoms with Crippen molar-refractivity contribution in [2.24, 2.45) is 10.3 Å². The summed E-state index contributed by atoms with van der Waals surface area (Å²) in [5, 5.41) is 3.79. The number of hydrogen-bond donors (Lipinski definition) is 2. The third-order valence-corrected chi connectivity index (χ3v) is 7.48. The van der Waals surface area contributed by atoms with Gasteiger partial charge in [-0.3, -0.25) is 9.00 Å². The van der Waals surface area contributed by atoms with Gasteiger partial charge in [0.25, 0.3) is 5.56 Å². The van der Waals surface area contributed by atoms with Crippen LogP contribution in [-0.4, -0.2) is 53.3 Å². The standard InChI is InChI=1S/C26H30N8O2S/c1-16-11-19(12-18-15-32(2)10-9-20(16)18)28-26-27-13-21-24(30-26)34(33(25(21)35)14-17-7-8-17)23-6-4-5-22(29-23)31-37(3)36/h4-6,11-13,17,37H,7-10,14-15H2,1-3H3,(H,27,28,30). The summed E-state index contributed by atoms with van der Waals surface area (Å²) < 4.78 is 19.2. The van der Waals surface area contributed by atoms with Crippen molar-refractivity contribution in [1.82, 2.24) is 29.2 Å². The lowest BCUT2D eigenvalue weighted by Crippen LogP contribution is -2.27. The largest absolute Gasteiger partial charge is 0.324 e. The van der Waals surface area contributed by atoms with Gasteiger partial charge in [-0.1, -0.05) is 6.07 Å². The van der Waals surface area contributed by atoms with Crippen molar-refractivity contribution in [1.29, 1.82) is 0 Å². The molecule has 1 aromatic carbocycles. The van der Waals surface area contributed by atoms with E-state index in [0.29, 0.717) is 41.1 Å². The Bertz CT molecular complexity index is 1660. The average molecular weight is 519 g/mol. The molecule has 1 aliphatic carbocycles. The van der Waals surface area contributed by atoms with Gasteiger partial charge >= 0.3 is 0 Å². The third-order valence-electron chi connectivity index (χ3n) is 6.99. The van der Waals surface area contributed by atoms with Gasteiger partial charge in [-0.2, -0.15) is 9.35 Å². The summed E-state index contributed by atoms with van der Waals surface area (Å²) in [6, 6.07) is 9.59. The number of aromatic nitrogens is 5. The van der Waals surface area contributed by atoms with E-state index in [1.54, 1.807) is 27.7 Å². The first-order chi connectivity index (χ1) is 17.9. The molecule has 3 aromatic heterocycles. The minimum atomic E-state index is -1.75. The maximum Gasteiger partial charge on any atom is 0.278 e. The van der Waals surface area contributed by atoms with Crippen LogP contribution in [0.1, 0.15) is 29.5 Å². The molecule has 1 aliphatic heterocycles. The van der Waals surface area contributed by atoms with Gasteiger partial charge in [-0.25, -0.2) is 19.3 Å². The molecule has 1 unspecified atom stereocenters. The molecule has 0 radical (unpaired) electrons. The Morgan fingerprint density at radius 1 is 1.22 bits per heavy atom. The molecule has 1 N–H and O–H groups in total. The number of nitrogens with one attached hydrogen (secondary N) is 1. The van der Waals surface area contributed by atoms with Crippen molar-refractivity contribution in [3.05, 3.63) is 63.6 Å². The van der Waals surface area contributed by atoms with Crippen LogP contribution in [0.2, 0.25) is 0 Å². The smallest absolute Gasteiger partial charge is 0.278 e. The monoisotopic (exact) mass is 518 g/mol. The van der Waals surface area contributed by atoms with E-state index >= 15 is 0 Å². The van der Waals surface area contributed by atoms with E-state index in [9.17, 15) is 9.00 Å². The number of nitrogens with zero attached hydrogens (tertiary/aromatic N) is 7. The molecule has 0 spiro atoms. The summed E-state index contributed by atoms with van der Waals surface area (Å²) in [5.41, 5.74) is 5.22. The Morgan fingerprint density at radius 3 is 2.84 bits per heavy atom. The fourth-order valence-corrected chi connectivity index (χ4v) is 5.42. The van der Waals surface area contributed by atoms with Crippen LogP contribution in [0.3, 0.4) is 0 Å². The predicted molar refractivity (Wildman–Crippen MR) is 146 cm³/mol. The molecule has 2 aliphatic rings. The highest BCUT2D eigenvalue weighted by atomic mass is 32.2. The first-order valence-electron chi connectivity index (χ1n) is 12.5. The fourth-order valence-electron chi connectivity index (χ4n) is 5.02. The van der Waals surface area contributed by atoms with Crippen LogP contribution in [-0.2, 0) is 30.1 Å². The number of rotatable bonds is 6. The number of pyridine rings is 1. The Labute approximate surface area is 216 Å². The number of fused-ring (bicyclic) bond motifs is 2. The van der Waals surface area contributed by atoms with E-state index in [4.69, 9.17) is 4.98 Å². The SMILES string of the molecule is Cc1cc(Nc2ncc3c(=O)n(CC4CC4)n(-c4cccc(/N=[SH](/C)=O)n4)c3n2)cc2c1CCN(C)C2. The van der Waals surface area contributed by atoms with E-state index in [0.717, 1.165) is 38.0 Å². The second-order valence-corrected chi connectivity index (χ2v) is 11.2. The second-order valence-electron chi connectivity index (χ2n) is 10.0. The van der Waals surface area contributed by atoms with Crippen molar-refractivity contribution < 1.29 is 4.21 Å². The highest BCUT2D eigenvalue weighted by Crippen LogP contribution is 2.31. The highest BCUT2D eigenvalue weighted by molar-refractivity contribution is 7.74. The molecule has 4 heterocycles. The molecule has 0 bridgehead atoms. The second kappa shape index (κ2) is 9.38. The van der Waals surface area contributed by atoms with E-state index in [1.807, 2.05) is 6.07 Å². The number of aryl methyl sites for hydroxylation is 1. The van der Waals surface area contributed by atoms with Crippen LogP contribution in [0.25, 0.3) is 16.9 Å². The molecule has 0 amide bonds. The molecule has 192 valence electrons. The van der Waals surface area contributed by atoms with Gasteiger partial charge in [-0.05, 0) is 80.1 Å². The number of anilines is 2. The first-order valence-corrected chi connectivity index (χ1v) is 14.2. The van der Waals surface area contributed by atoms with Crippen LogP contribution in [0.4, 0.5) is 17.5 Å². The Morgan fingerprint density at radius 2 is 2.05 bits per heavy atom. The summed E-state index contributed by atoms with van der Waals surface area (Å²) >= 11 is 0. The van der Waals surface area contributed by atoms with Crippen LogP contribution >= 0.6 is 0 Å². The minimum absolute atomic E-state index is 0.146. The van der Waals surface area contributed by atoms with Crippen molar-refractivity contribution in [2.75, 3.05) is 25.2 Å². The molecular formula is C26H30N8O2S. The van der Waals surface area contributed by atoms with Gasteiger partial charge in [0.2, 0.25) is 5.95 Å². The lowest BCUT2D eigenvalue weighted by molar-refractivity contribution is 0.312. The number of thiol groups is 1. The van der Waals surface area contributed by atoms with Gasteiger partial charge in [0.15, 0.2) is 17.3 Å². The summed E-state index contributed by atoms with van der Waals surface area (Å²) in [5.74, 6) is 1.73. The van der Waals surface area contributed by atoms with E-state index in [-0.39, 0.29) is 5.56 Å². The van der Waals surface area contributed by atoms with Crippen molar-refractivity contribution >= 4 is 39.1 Å². The molecule has 37 heavy (non-hydrogen) atoms. The van der Waals surface area contributed by atoms with Crippen molar-refractivity contribution in [2.45, 2.75) is 39.3 Å². The Hall–Kier alpha value is -3.57. The number of hydrogen-bond acceptors (Lipinski definition) is 8. The molecule has 4 aromatic rings. The molecule has 11 heteroatoms. The van der Waals surface area contributed by atoms with Crippen molar-refractivity contribution in [3.63, 3.8) is 0 Å². The predicted octanol–water partition coefficient (Wildman–Crippen LogP) is 3.35. The quantitative estimate of drug-likeness (QED) is 0.377. The number of likely N-dealkylation sites (N-methyl/N-ethyl adjacent to an activating group) is 1. The van der Waals surface area contributed by atoms with Crippen LogP contribution < -0.4 is 10.9 Å². The molecule has 0 saturated heterocycles. The zero-order valence-corrected chi connectivity index (χ0v) is 22.1. The normalized spacial score (nSPS) is 16.7. The summed E-state index contributed by atoms with van der Waals surface area (Å²) in [6.07, 6.45) is 6.36.